The molecule has 14 nitrogen and oxygen atoms in total. The van der Waals surface area contributed by atoms with Gasteiger partial charge in [-0.1, -0.05) is 16.8 Å². The summed E-state index contributed by atoms with van der Waals surface area (Å²) in [5.74, 6) is -4.06. The molecule has 0 radical (unpaired) electrons. The fourth-order valence-electron chi connectivity index (χ4n) is 2.48. The Hall–Kier alpha value is -2.53. The highest BCUT2D eigenvalue weighted by Gasteiger charge is 2.58. The number of nitrogens with zero attached hydrogens (tertiary/aromatic N) is 3. The summed E-state index contributed by atoms with van der Waals surface area (Å²) in [4.78, 5) is 56.1. The zero-order chi connectivity index (χ0) is 24.2. The van der Waals surface area contributed by atoms with Crippen LogP contribution in [0.4, 0.5) is 5.13 Å². The summed E-state index contributed by atoms with van der Waals surface area (Å²) in [6, 6.07) is -3.26. The lowest BCUT2D eigenvalue weighted by molar-refractivity contribution is -0.157. The number of halogens is 2. The molecular weight excluding hydrogens is 517 g/mol. The van der Waals surface area contributed by atoms with Crippen LogP contribution < -0.4 is 10.6 Å². The summed E-state index contributed by atoms with van der Waals surface area (Å²) < 4.78 is 36.9. The Balaban J connectivity index is 2.26. The van der Waals surface area contributed by atoms with Crippen LogP contribution in [-0.4, -0.2) is 82.3 Å². The molecule has 1 aliphatic heterocycles. The zero-order valence-corrected chi connectivity index (χ0v) is 19.3. The number of anilines is 1. The van der Waals surface area contributed by atoms with Crippen molar-refractivity contribution >= 4 is 79.4 Å². The van der Waals surface area contributed by atoms with Crippen LogP contribution in [0.2, 0.25) is 0 Å². The molecule has 0 aromatic carbocycles. The highest BCUT2D eigenvalue weighted by Crippen LogP contribution is 2.30. The Bertz CT molecular complexity index is 1060. The molecule has 1 aromatic rings. The van der Waals surface area contributed by atoms with Crippen LogP contribution in [-0.2, 0) is 39.1 Å². The number of thiazole rings is 1. The second-order valence-corrected chi connectivity index (χ2v) is 8.70. The summed E-state index contributed by atoms with van der Waals surface area (Å²) in [6.45, 7) is 0.980. The molecule has 1 fully saturated rings. The first-order valence-corrected chi connectivity index (χ1v) is 11.5. The number of esters is 1. The predicted octanol–water partition coefficient (Wildman–Crippen LogP) is -0.703. The van der Waals surface area contributed by atoms with E-state index >= 15 is 0 Å². The quantitative estimate of drug-likeness (QED) is 0.0914. The number of rotatable bonds is 9. The number of hydrogen-bond donors (Lipinski definition) is 3. The van der Waals surface area contributed by atoms with E-state index in [-0.39, 0.29) is 21.0 Å². The van der Waals surface area contributed by atoms with Gasteiger partial charge in [-0.05, 0) is 0 Å². The van der Waals surface area contributed by atoms with Gasteiger partial charge in [0.05, 0.1) is 0 Å². The lowest BCUT2D eigenvalue weighted by Gasteiger charge is -2.45. The minimum absolute atomic E-state index is 0.0334. The average Bonchev–Trinajstić information content (AvgIpc) is 3.13. The molecule has 18 heteroatoms. The molecule has 32 heavy (non-hydrogen) atoms. The van der Waals surface area contributed by atoms with Crippen molar-refractivity contribution in [3.63, 3.8) is 0 Å². The number of β-lactam (4-membered cyclic amide) rings is 1. The van der Waals surface area contributed by atoms with Crippen molar-refractivity contribution in [2.24, 2.45) is 5.16 Å². The van der Waals surface area contributed by atoms with Crippen molar-refractivity contribution in [3.8, 4) is 0 Å². The van der Waals surface area contributed by atoms with Crippen molar-refractivity contribution in [1.82, 2.24) is 14.6 Å². The fourth-order valence-corrected chi connectivity index (χ4v) is 4.59. The Labute approximate surface area is 194 Å². The van der Waals surface area contributed by atoms with Crippen molar-refractivity contribution in [3.05, 3.63) is 11.1 Å². The molecule has 3 atom stereocenters. The summed E-state index contributed by atoms with van der Waals surface area (Å²) in [5, 5.41) is 9.51. The van der Waals surface area contributed by atoms with E-state index in [9.17, 15) is 32.1 Å². The van der Waals surface area contributed by atoms with Gasteiger partial charge in [0, 0.05) is 12.3 Å². The van der Waals surface area contributed by atoms with Crippen LogP contribution in [0.1, 0.15) is 12.6 Å². The van der Waals surface area contributed by atoms with E-state index in [0.29, 0.717) is 0 Å². The minimum Gasteiger partial charge on any atom is -0.444 e. The smallest absolute Gasteiger partial charge is 0.362 e. The first-order chi connectivity index (χ1) is 14.9. The van der Waals surface area contributed by atoms with E-state index < -0.39 is 57.4 Å². The highest BCUT2D eigenvalue weighted by atomic mass is 35.5. The molecule has 176 valence electrons. The number of carbonyl (C=O) groups excluding carboxylic acids is 4. The molecule has 2 rings (SSSR count). The van der Waals surface area contributed by atoms with Crippen LogP contribution in [0.3, 0.4) is 0 Å². The molecule has 1 saturated heterocycles. The molecule has 1 aromatic heterocycles. The molecule has 0 spiro atoms. The van der Waals surface area contributed by atoms with E-state index in [4.69, 9.17) is 23.2 Å². The second-order valence-electron chi connectivity index (χ2n) is 5.86. The third-order valence-corrected chi connectivity index (χ3v) is 5.96. The van der Waals surface area contributed by atoms with Crippen LogP contribution in [0.5, 0.6) is 0 Å². The predicted molar refractivity (Wildman–Crippen MR) is 111 cm³/mol. The van der Waals surface area contributed by atoms with Crippen molar-refractivity contribution in [2.75, 3.05) is 18.3 Å². The van der Waals surface area contributed by atoms with Gasteiger partial charge in [0.2, 0.25) is 5.91 Å². The van der Waals surface area contributed by atoms with Crippen molar-refractivity contribution in [1.29, 1.82) is 0 Å². The molecule has 3 N–H and O–H groups in total. The average molecular weight is 532 g/mol. The number of nitrogens with one attached hydrogen (secondary N) is 2. The standard InChI is InChI=1S/C14H15Cl2N5O9S2/c1-5(22)30-11(16)10-9(13(25)21(10)32(26,27)28)19-12(24)8(20-29-2)6-4-31-14(17-6)18-7(23)3-15/h4,9-11H,3H2,1-2H3,(H,19,24)(H,17,18,23)(H,26,27,28)/t9-,10-,11?/m1/s1. The summed E-state index contributed by atoms with van der Waals surface area (Å²) in [5.41, 5.74) is -2.22. The van der Waals surface area contributed by atoms with Gasteiger partial charge in [0.25, 0.3) is 11.8 Å². The first-order valence-electron chi connectivity index (χ1n) is 8.26. The number of oxime groups is 1. The molecule has 3 amide bonds. The largest absolute Gasteiger partial charge is 0.444 e. The third kappa shape index (κ3) is 5.83. The molecule has 1 aliphatic rings. The van der Waals surface area contributed by atoms with Gasteiger partial charge in [-0.25, -0.2) is 9.29 Å². The second kappa shape index (κ2) is 10.4. The van der Waals surface area contributed by atoms with Gasteiger partial charge in [-0.2, -0.15) is 8.42 Å². The summed E-state index contributed by atoms with van der Waals surface area (Å²) >= 11 is 12.2. The van der Waals surface area contributed by atoms with Crippen molar-refractivity contribution < 1.29 is 41.7 Å². The lowest BCUT2D eigenvalue weighted by Crippen LogP contribution is -2.75. The zero-order valence-electron chi connectivity index (χ0n) is 16.1. The molecule has 0 aliphatic carbocycles. The highest BCUT2D eigenvalue weighted by molar-refractivity contribution is 7.84. The lowest BCUT2D eigenvalue weighted by atomic mass is 9.99. The Kier molecular flexibility index (Phi) is 8.35. The number of ether oxygens (including phenoxy) is 1. The fraction of sp³-hybridized carbons (Fsp3) is 0.429. The molecule has 1 unspecified atom stereocenters. The number of hydrogen-bond acceptors (Lipinski definition) is 11. The maximum absolute atomic E-state index is 12.7. The van der Waals surface area contributed by atoms with E-state index in [2.05, 4.69) is 30.3 Å². The van der Waals surface area contributed by atoms with Gasteiger partial charge < -0.3 is 20.2 Å². The van der Waals surface area contributed by atoms with Crippen molar-refractivity contribution in [2.45, 2.75) is 24.6 Å². The van der Waals surface area contributed by atoms with Crippen LogP contribution in [0, 0.1) is 0 Å². The van der Waals surface area contributed by atoms with E-state index in [1.54, 1.807) is 0 Å². The Morgan fingerprint density at radius 2 is 2.09 bits per heavy atom. The van der Waals surface area contributed by atoms with Gasteiger partial charge in [-0.3, -0.25) is 23.7 Å². The summed E-state index contributed by atoms with van der Waals surface area (Å²) in [7, 11) is -3.94. The SMILES string of the molecule is CON=C(C(=O)N[C@H]1C(=O)N(S(=O)(=O)O)[C@H]1C(Cl)OC(C)=O)c1csc(NC(=O)CCl)n1. The van der Waals surface area contributed by atoms with Gasteiger partial charge >= 0.3 is 16.3 Å². The van der Waals surface area contributed by atoms with Crippen LogP contribution >= 0.6 is 34.5 Å². The van der Waals surface area contributed by atoms with Crippen LogP contribution in [0.15, 0.2) is 10.5 Å². The third-order valence-electron chi connectivity index (χ3n) is 3.69. The topological polar surface area (TPSA) is 194 Å². The maximum atomic E-state index is 12.7. The number of amides is 3. The molecule has 2 heterocycles. The van der Waals surface area contributed by atoms with Gasteiger partial charge in [0.15, 0.2) is 16.4 Å². The van der Waals surface area contributed by atoms with Gasteiger partial charge in [-0.15, -0.1) is 22.9 Å². The number of alkyl halides is 2. The molecule has 0 bridgehead atoms. The maximum Gasteiger partial charge on any atom is 0.362 e. The summed E-state index contributed by atoms with van der Waals surface area (Å²) in [6.07, 6.45) is 0. The van der Waals surface area contributed by atoms with Crippen LogP contribution in [0.25, 0.3) is 0 Å². The van der Waals surface area contributed by atoms with Gasteiger partial charge in [0.1, 0.15) is 30.8 Å². The first kappa shape index (κ1) is 25.7. The normalized spacial score (nSPS) is 19.6. The monoisotopic (exact) mass is 531 g/mol. The Morgan fingerprint density at radius 3 is 2.62 bits per heavy atom. The van der Waals surface area contributed by atoms with E-state index in [0.717, 1.165) is 25.4 Å². The van der Waals surface area contributed by atoms with E-state index in [1.807, 2.05) is 0 Å². The number of aromatic nitrogens is 1. The Morgan fingerprint density at radius 1 is 1.44 bits per heavy atom. The minimum atomic E-state index is -5.07. The molecule has 0 saturated carbocycles. The molecular formula is C14H15Cl2N5O9S2. The number of carbonyl (C=O) groups is 4. The van der Waals surface area contributed by atoms with E-state index in [1.165, 1.54) is 5.38 Å².